The van der Waals surface area contributed by atoms with Gasteiger partial charge in [-0.3, -0.25) is 0 Å². The van der Waals surface area contributed by atoms with Crippen LogP contribution in [0.25, 0.3) is 0 Å². The van der Waals surface area contributed by atoms with Crippen molar-refractivity contribution in [2.45, 2.75) is 45.6 Å². The van der Waals surface area contributed by atoms with Crippen LogP contribution in [0.1, 0.15) is 39.5 Å². The van der Waals surface area contributed by atoms with Gasteiger partial charge >= 0.3 is 5.97 Å². The predicted molar refractivity (Wildman–Crippen MR) is 54.8 cm³/mol. The second-order valence-electron chi connectivity index (χ2n) is 5.42. The lowest BCUT2D eigenvalue weighted by Gasteiger charge is -2.20. The first-order valence-corrected chi connectivity index (χ1v) is 5.37. The largest absolute Gasteiger partial charge is 0.458 e. The van der Waals surface area contributed by atoms with Crippen LogP contribution in [0.3, 0.4) is 0 Å². The smallest absolute Gasteiger partial charge is 0.333 e. The van der Waals surface area contributed by atoms with E-state index in [0.29, 0.717) is 16.9 Å². The number of hydrogen-bond acceptors (Lipinski definition) is 2. The normalized spacial score (nSPS) is 36.1. The summed E-state index contributed by atoms with van der Waals surface area (Å²) >= 11 is 0. The zero-order chi connectivity index (χ0) is 10.3. The fourth-order valence-electron chi connectivity index (χ4n) is 2.66. The molecule has 78 valence electrons. The Kier molecular flexibility index (Phi) is 2.17. The van der Waals surface area contributed by atoms with Crippen LogP contribution in [0, 0.1) is 11.3 Å². The molecule has 0 aromatic carbocycles. The molecule has 0 radical (unpaired) electrons. The fraction of sp³-hybridized carbons (Fsp3) is 0.750. The van der Waals surface area contributed by atoms with Crippen LogP contribution in [-0.4, -0.2) is 12.1 Å². The zero-order valence-corrected chi connectivity index (χ0v) is 9.01. The third-order valence-electron chi connectivity index (χ3n) is 3.53. The van der Waals surface area contributed by atoms with Crippen LogP contribution >= 0.6 is 0 Å². The number of carbonyl (C=O) groups is 1. The van der Waals surface area contributed by atoms with E-state index < -0.39 is 0 Å². The van der Waals surface area contributed by atoms with Gasteiger partial charge in [-0.2, -0.15) is 0 Å². The molecule has 0 aromatic heterocycles. The van der Waals surface area contributed by atoms with Crippen LogP contribution in [-0.2, 0) is 9.53 Å². The molecule has 1 aliphatic heterocycles. The van der Waals surface area contributed by atoms with Gasteiger partial charge in [-0.25, -0.2) is 4.79 Å². The first kappa shape index (κ1) is 9.75. The molecule has 2 aliphatic rings. The molecule has 2 rings (SSSR count). The Labute approximate surface area is 85.3 Å². The van der Waals surface area contributed by atoms with Gasteiger partial charge in [-0.1, -0.05) is 20.4 Å². The highest BCUT2D eigenvalue weighted by atomic mass is 16.5. The summed E-state index contributed by atoms with van der Waals surface area (Å²) in [5.41, 5.74) is 1.08. The second-order valence-corrected chi connectivity index (χ2v) is 5.42. The number of carbonyl (C=O) groups excluding carboxylic acids is 1. The van der Waals surface area contributed by atoms with Crippen LogP contribution in [0.5, 0.6) is 0 Å². The van der Waals surface area contributed by atoms with Gasteiger partial charge < -0.3 is 4.74 Å². The van der Waals surface area contributed by atoms with Crippen molar-refractivity contribution in [1.82, 2.24) is 0 Å². The highest BCUT2D eigenvalue weighted by Crippen LogP contribution is 2.45. The van der Waals surface area contributed by atoms with Crippen molar-refractivity contribution in [2.75, 3.05) is 0 Å². The Morgan fingerprint density at radius 3 is 2.64 bits per heavy atom. The Morgan fingerprint density at radius 1 is 1.50 bits per heavy atom. The number of ether oxygens (including phenoxy) is 1. The van der Waals surface area contributed by atoms with E-state index in [1.165, 1.54) is 19.3 Å². The van der Waals surface area contributed by atoms with E-state index in [9.17, 15) is 4.79 Å². The van der Waals surface area contributed by atoms with Crippen molar-refractivity contribution in [3.63, 3.8) is 0 Å². The van der Waals surface area contributed by atoms with Gasteiger partial charge in [0.25, 0.3) is 0 Å². The molecule has 0 aromatic rings. The third-order valence-corrected chi connectivity index (χ3v) is 3.53. The quantitative estimate of drug-likeness (QED) is 0.474. The number of cyclic esters (lactones) is 1. The summed E-state index contributed by atoms with van der Waals surface area (Å²) in [5, 5.41) is 0. The maximum atomic E-state index is 11.2. The van der Waals surface area contributed by atoms with Gasteiger partial charge in [0.1, 0.15) is 6.10 Å². The highest BCUT2D eigenvalue weighted by molar-refractivity contribution is 5.89. The van der Waals surface area contributed by atoms with Gasteiger partial charge in [-0.15, -0.1) is 0 Å². The maximum absolute atomic E-state index is 11.2. The van der Waals surface area contributed by atoms with Crippen molar-refractivity contribution in [1.29, 1.82) is 0 Å². The lowest BCUT2D eigenvalue weighted by atomic mass is 9.88. The van der Waals surface area contributed by atoms with Crippen LogP contribution in [0.4, 0.5) is 0 Å². The number of hydrogen-bond donors (Lipinski definition) is 0. The lowest BCUT2D eigenvalue weighted by Crippen LogP contribution is -2.19. The van der Waals surface area contributed by atoms with E-state index in [4.69, 9.17) is 4.74 Å². The monoisotopic (exact) mass is 194 g/mol. The molecule has 2 fully saturated rings. The molecule has 2 heteroatoms. The lowest BCUT2D eigenvalue weighted by molar-refractivity contribution is -0.140. The second kappa shape index (κ2) is 3.11. The predicted octanol–water partition coefficient (Wildman–Crippen LogP) is 2.68. The van der Waals surface area contributed by atoms with E-state index in [-0.39, 0.29) is 12.1 Å². The first-order valence-electron chi connectivity index (χ1n) is 5.37. The first-order chi connectivity index (χ1) is 6.48. The molecule has 0 unspecified atom stereocenters. The summed E-state index contributed by atoms with van der Waals surface area (Å²) in [4.78, 5) is 11.2. The molecule has 2 atom stereocenters. The van der Waals surface area contributed by atoms with Gasteiger partial charge in [0.2, 0.25) is 0 Å². The zero-order valence-electron chi connectivity index (χ0n) is 9.01. The topological polar surface area (TPSA) is 26.3 Å². The fourth-order valence-corrected chi connectivity index (χ4v) is 2.66. The van der Waals surface area contributed by atoms with E-state index in [2.05, 4.69) is 20.4 Å². The Morgan fingerprint density at radius 2 is 2.21 bits per heavy atom. The van der Waals surface area contributed by atoms with Gasteiger partial charge in [-0.05, 0) is 30.6 Å². The van der Waals surface area contributed by atoms with E-state index in [1.807, 2.05) is 0 Å². The minimum atomic E-state index is -0.181. The molecule has 1 aliphatic carbocycles. The molecule has 14 heavy (non-hydrogen) atoms. The molecular weight excluding hydrogens is 176 g/mol. The molecule has 0 amide bonds. The Hall–Kier alpha value is -0.790. The number of esters is 1. The molecule has 2 nitrogen and oxygen atoms in total. The molecule has 1 heterocycles. The average molecular weight is 194 g/mol. The molecule has 0 spiro atoms. The molecular formula is C12H18O2. The summed E-state index contributed by atoms with van der Waals surface area (Å²) in [7, 11) is 0. The average Bonchev–Trinajstić information content (AvgIpc) is 2.57. The molecule has 0 bridgehead atoms. The molecule has 1 saturated heterocycles. The van der Waals surface area contributed by atoms with Gasteiger partial charge in [0.15, 0.2) is 0 Å². The van der Waals surface area contributed by atoms with Crippen molar-refractivity contribution < 1.29 is 9.53 Å². The van der Waals surface area contributed by atoms with Crippen molar-refractivity contribution in [2.24, 2.45) is 11.3 Å². The summed E-state index contributed by atoms with van der Waals surface area (Å²) in [6, 6.07) is 0. The van der Waals surface area contributed by atoms with Gasteiger partial charge in [0.05, 0.1) is 0 Å². The summed E-state index contributed by atoms with van der Waals surface area (Å²) < 4.78 is 5.31. The summed E-state index contributed by atoms with van der Waals surface area (Å²) in [5.74, 6) is 0.382. The minimum Gasteiger partial charge on any atom is -0.458 e. The van der Waals surface area contributed by atoms with Crippen molar-refractivity contribution in [3.8, 4) is 0 Å². The minimum absolute atomic E-state index is 0.122. The standard InChI is InChI=1S/C12H18O2/c1-8-6-10(14-11(8)13)9-4-5-12(2,3)7-9/h9-10H,1,4-7H2,2-3H3/t9-,10+/m1/s1. The maximum Gasteiger partial charge on any atom is 0.333 e. The Bertz CT molecular complexity index is 262. The van der Waals surface area contributed by atoms with Crippen molar-refractivity contribution >= 4 is 5.97 Å². The Balaban J connectivity index is 1.99. The third kappa shape index (κ3) is 1.70. The molecule has 0 N–H and O–H groups in total. The van der Waals surface area contributed by atoms with E-state index in [0.717, 1.165) is 6.42 Å². The molecule has 1 saturated carbocycles. The highest BCUT2D eigenvalue weighted by Gasteiger charge is 2.40. The van der Waals surface area contributed by atoms with Crippen LogP contribution < -0.4 is 0 Å². The summed E-state index contributed by atoms with van der Waals surface area (Å²) in [6.07, 6.45) is 4.49. The van der Waals surface area contributed by atoms with Crippen LogP contribution in [0.15, 0.2) is 12.2 Å². The van der Waals surface area contributed by atoms with Crippen molar-refractivity contribution in [3.05, 3.63) is 12.2 Å². The summed E-state index contributed by atoms with van der Waals surface area (Å²) in [6.45, 7) is 8.30. The van der Waals surface area contributed by atoms with E-state index in [1.54, 1.807) is 0 Å². The van der Waals surface area contributed by atoms with Gasteiger partial charge in [0, 0.05) is 12.0 Å². The number of rotatable bonds is 1. The van der Waals surface area contributed by atoms with Crippen LogP contribution in [0.2, 0.25) is 0 Å². The van der Waals surface area contributed by atoms with E-state index >= 15 is 0 Å². The SMILES string of the molecule is C=C1C[C@@H]([C@@H]2CCC(C)(C)C2)OC1=O.